The molecule has 2 rings (SSSR count). The summed E-state index contributed by atoms with van der Waals surface area (Å²) in [5.41, 5.74) is 0. The van der Waals surface area contributed by atoms with E-state index in [4.69, 9.17) is 21.1 Å². The molecule has 0 N–H and O–H groups in total. The fourth-order valence-electron chi connectivity index (χ4n) is 1.98. The molecule has 0 amide bonds. The highest BCUT2D eigenvalue weighted by molar-refractivity contribution is 7.17. The molecule has 1 aliphatic rings. The summed E-state index contributed by atoms with van der Waals surface area (Å²) in [7, 11) is 0. The van der Waals surface area contributed by atoms with Crippen LogP contribution in [0, 0.1) is 0 Å². The number of hydrogen-bond donors (Lipinski definition) is 0. The van der Waals surface area contributed by atoms with E-state index in [-0.39, 0.29) is 18.7 Å². The van der Waals surface area contributed by atoms with Crippen LogP contribution in [0.25, 0.3) is 0 Å². The maximum atomic E-state index is 11.8. The lowest BCUT2D eigenvalue weighted by Crippen LogP contribution is -2.47. The van der Waals surface area contributed by atoms with Gasteiger partial charge in [-0.2, -0.15) is 0 Å². The van der Waals surface area contributed by atoms with Gasteiger partial charge in [-0.1, -0.05) is 11.6 Å². The van der Waals surface area contributed by atoms with Crippen LogP contribution < -0.4 is 0 Å². The standard InChI is InChI=1S/C13H18ClNO3S/c1-9(2)15-5-6-17-10(7-15)8-18-13(16)11-3-4-12(14)19-11/h3-4,9-10H,5-8H2,1-2H3. The number of carbonyl (C=O) groups excluding carboxylic acids is 1. The zero-order valence-corrected chi connectivity index (χ0v) is 12.7. The van der Waals surface area contributed by atoms with E-state index in [1.54, 1.807) is 12.1 Å². The van der Waals surface area contributed by atoms with Crippen molar-refractivity contribution < 1.29 is 14.3 Å². The third-order valence-corrected chi connectivity index (χ3v) is 4.29. The Morgan fingerprint density at radius 2 is 2.42 bits per heavy atom. The molecule has 0 saturated carbocycles. The second-order valence-corrected chi connectivity index (χ2v) is 6.50. The molecule has 1 saturated heterocycles. The molecule has 2 heterocycles. The predicted molar refractivity (Wildman–Crippen MR) is 76.1 cm³/mol. The van der Waals surface area contributed by atoms with E-state index in [0.717, 1.165) is 13.1 Å². The number of nitrogens with zero attached hydrogens (tertiary/aromatic N) is 1. The van der Waals surface area contributed by atoms with Gasteiger partial charge in [-0.15, -0.1) is 11.3 Å². The van der Waals surface area contributed by atoms with E-state index in [9.17, 15) is 4.79 Å². The van der Waals surface area contributed by atoms with Crippen LogP contribution in [-0.2, 0) is 9.47 Å². The van der Waals surface area contributed by atoms with E-state index >= 15 is 0 Å². The molecule has 6 heteroatoms. The topological polar surface area (TPSA) is 38.8 Å². The molecular formula is C13H18ClNO3S. The Balaban J connectivity index is 1.80. The summed E-state index contributed by atoms with van der Waals surface area (Å²) in [5.74, 6) is -0.331. The minimum absolute atomic E-state index is 0.0458. The summed E-state index contributed by atoms with van der Waals surface area (Å²) in [6.07, 6.45) is -0.0458. The molecule has 4 nitrogen and oxygen atoms in total. The van der Waals surface area contributed by atoms with Crippen LogP contribution in [0.1, 0.15) is 23.5 Å². The predicted octanol–water partition coefficient (Wildman–Crippen LogP) is 2.67. The van der Waals surface area contributed by atoms with Gasteiger partial charge in [0.1, 0.15) is 17.6 Å². The van der Waals surface area contributed by atoms with Gasteiger partial charge in [0.15, 0.2) is 0 Å². The molecule has 1 aliphatic heterocycles. The summed E-state index contributed by atoms with van der Waals surface area (Å²) in [4.78, 5) is 14.6. The third kappa shape index (κ3) is 4.18. The minimum Gasteiger partial charge on any atom is -0.459 e. The SMILES string of the molecule is CC(C)N1CCOC(COC(=O)c2ccc(Cl)s2)C1. The van der Waals surface area contributed by atoms with Crippen LogP contribution in [0.3, 0.4) is 0 Å². The van der Waals surface area contributed by atoms with Crippen molar-refractivity contribution in [1.82, 2.24) is 4.90 Å². The van der Waals surface area contributed by atoms with E-state index in [2.05, 4.69) is 18.7 Å². The number of esters is 1. The van der Waals surface area contributed by atoms with Gasteiger partial charge in [0, 0.05) is 19.1 Å². The Morgan fingerprint density at radius 1 is 1.63 bits per heavy atom. The van der Waals surface area contributed by atoms with Crippen LogP contribution in [0.15, 0.2) is 12.1 Å². The van der Waals surface area contributed by atoms with Crippen LogP contribution in [0.5, 0.6) is 0 Å². The van der Waals surface area contributed by atoms with Gasteiger partial charge in [0.2, 0.25) is 0 Å². The Morgan fingerprint density at radius 3 is 3.05 bits per heavy atom. The first kappa shape index (κ1) is 14.8. The molecule has 1 fully saturated rings. The van der Waals surface area contributed by atoms with Gasteiger partial charge >= 0.3 is 5.97 Å². The average Bonchev–Trinajstić information content (AvgIpc) is 2.83. The third-order valence-electron chi connectivity index (χ3n) is 3.08. The quantitative estimate of drug-likeness (QED) is 0.802. The fraction of sp³-hybridized carbons (Fsp3) is 0.615. The molecule has 106 valence electrons. The summed E-state index contributed by atoms with van der Waals surface area (Å²) in [6, 6.07) is 3.86. The van der Waals surface area contributed by atoms with Crippen molar-refractivity contribution in [3.05, 3.63) is 21.3 Å². The Kier molecular flexibility index (Phi) is 5.21. The van der Waals surface area contributed by atoms with Crippen LogP contribution in [-0.4, -0.2) is 49.3 Å². The highest BCUT2D eigenvalue weighted by Crippen LogP contribution is 2.22. The number of hydrogen-bond acceptors (Lipinski definition) is 5. The maximum Gasteiger partial charge on any atom is 0.348 e. The van der Waals surface area contributed by atoms with Crippen molar-refractivity contribution >= 4 is 28.9 Å². The Bertz CT molecular complexity index is 435. The summed E-state index contributed by atoms with van der Waals surface area (Å²) in [6.45, 7) is 7.02. The average molecular weight is 304 g/mol. The molecule has 0 spiro atoms. The maximum absolute atomic E-state index is 11.8. The molecule has 1 aromatic heterocycles. The van der Waals surface area contributed by atoms with Crippen molar-refractivity contribution in [2.75, 3.05) is 26.3 Å². The molecular weight excluding hydrogens is 286 g/mol. The first-order chi connectivity index (χ1) is 9.06. The van der Waals surface area contributed by atoms with Crippen molar-refractivity contribution in [1.29, 1.82) is 0 Å². The van der Waals surface area contributed by atoms with Crippen LogP contribution in [0.4, 0.5) is 0 Å². The van der Waals surface area contributed by atoms with Crippen LogP contribution in [0.2, 0.25) is 4.34 Å². The zero-order valence-electron chi connectivity index (χ0n) is 11.1. The van der Waals surface area contributed by atoms with Crippen molar-refractivity contribution in [3.8, 4) is 0 Å². The smallest absolute Gasteiger partial charge is 0.348 e. The lowest BCUT2D eigenvalue weighted by Gasteiger charge is -2.35. The van der Waals surface area contributed by atoms with Crippen molar-refractivity contribution in [2.24, 2.45) is 0 Å². The van der Waals surface area contributed by atoms with Crippen molar-refractivity contribution in [3.63, 3.8) is 0 Å². The molecule has 1 aromatic rings. The summed E-state index contributed by atoms with van der Waals surface area (Å²) in [5, 5.41) is 0. The lowest BCUT2D eigenvalue weighted by atomic mass is 10.2. The monoisotopic (exact) mass is 303 g/mol. The van der Waals surface area contributed by atoms with Crippen LogP contribution >= 0.6 is 22.9 Å². The zero-order chi connectivity index (χ0) is 13.8. The summed E-state index contributed by atoms with van der Waals surface area (Å²) < 4.78 is 11.5. The highest BCUT2D eigenvalue weighted by Gasteiger charge is 2.23. The Hall–Kier alpha value is -0.620. The molecule has 0 aromatic carbocycles. The number of ether oxygens (including phenoxy) is 2. The second-order valence-electron chi connectivity index (χ2n) is 4.78. The van der Waals surface area contributed by atoms with Gasteiger partial charge in [0.25, 0.3) is 0 Å². The lowest BCUT2D eigenvalue weighted by molar-refractivity contribution is -0.0661. The van der Waals surface area contributed by atoms with E-state index in [1.807, 2.05) is 0 Å². The normalized spacial score (nSPS) is 20.7. The van der Waals surface area contributed by atoms with Gasteiger partial charge in [-0.05, 0) is 26.0 Å². The number of rotatable bonds is 4. The Labute approximate surface area is 122 Å². The second kappa shape index (κ2) is 6.70. The minimum atomic E-state index is -0.331. The van der Waals surface area contributed by atoms with Gasteiger partial charge < -0.3 is 9.47 Å². The van der Waals surface area contributed by atoms with E-state index < -0.39 is 0 Å². The van der Waals surface area contributed by atoms with Gasteiger partial charge in [0.05, 0.1) is 10.9 Å². The number of carbonyl (C=O) groups is 1. The molecule has 19 heavy (non-hydrogen) atoms. The number of halogens is 1. The molecule has 1 atom stereocenters. The summed E-state index contributed by atoms with van der Waals surface area (Å²) >= 11 is 7.01. The van der Waals surface area contributed by atoms with E-state index in [1.165, 1.54) is 11.3 Å². The first-order valence-electron chi connectivity index (χ1n) is 6.34. The first-order valence-corrected chi connectivity index (χ1v) is 7.54. The molecule has 0 aliphatic carbocycles. The van der Waals surface area contributed by atoms with Gasteiger partial charge in [-0.3, -0.25) is 4.90 Å². The fourth-order valence-corrected chi connectivity index (χ4v) is 2.91. The van der Waals surface area contributed by atoms with E-state index in [0.29, 0.717) is 21.9 Å². The largest absolute Gasteiger partial charge is 0.459 e. The van der Waals surface area contributed by atoms with Crippen molar-refractivity contribution in [2.45, 2.75) is 26.0 Å². The molecule has 0 bridgehead atoms. The highest BCUT2D eigenvalue weighted by atomic mass is 35.5. The molecule has 1 unspecified atom stereocenters. The number of thiophene rings is 1. The molecule has 0 radical (unpaired) electrons. The van der Waals surface area contributed by atoms with Gasteiger partial charge in [-0.25, -0.2) is 4.79 Å². The number of morpholine rings is 1.